The lowest BCUT2D eigenvalue weighted by Gasteiger charge is -2.41. The van der Waals surface area contributed by atoms with Gasteiger partial charge in [-0.05, 0) is 24.3 Å². The van der Waals surface area contributed by atoms with Gasteiger partial charge in [-0.2, -0.15) is 0 Å². The minimum atomic E-state index is -2.72. The third-order valence-electron chi connectivity index (χ3n) is 6.53. The van der Waals surface area contributed by atoms with E-state index in [9.17, 15) is 18.4 Å². The number of aromatic amines is 1. The highest BCUT2D eigenvalue weighted by Gasteiger charge is 2.45. The Morgan fingerprint density at radius 1 is 1.21 bits per heavy atom. The van der Waals surface area contributed by atoms with Crippen molar-refractivity contribution < 1.29 is 13.6 Å². The quantitative estimate of drug-likeness (QED) is 0.827. The average Bonchev–Trinajstić information content (AvgIpc) is 2.67. The Morgan fingerprint density at radius 2 is 1.96 bits per heavy atom. The van der Waals surface area contributed by atoms with Crippen LogP contribution in [0.4, 0.5) is 8.78 Å². The van der Waals surface area contributed by atoms with E-state index in [1.54, 1.807) is 6.07 Å². The highest BCUT2D eigenvalue weighted by molar-refractivity contribution is 6.03. The number of carbonyl (C=O) groups is 1. The first-order valence-corrected chi connectivity index (χ1v) is 10.1. The summed E-state index contributed by atoms with van der Waals surface area (Å²) in [6.07, 6.45) is 7.18. The standard InChI is InChI=1S/C21H25F2N3O2/c22-21(23)8-6-13(12-4-2-1-3-5-12)14(11-21)16-10-17(27)18-15(26-16)7-9-25-19(18)20(24)28/h7,9-10,12-14H,1-6,8,11H2,(H2,24,28)(H,26,27)/t13-,14+/m0/s1. The molecule has 0 radical (unpaired) electrons. The number of aromatic nitrogens is 2. The number of hydrogen-bond acceptors (Lipinski definition) is 3. The summed E-state index contributed by atoms with van der Waals surface area (Å²) in [6.45, 7) is 0. The van der Waals surface area contributed by atoms with Crippen LogP contribution in [-0.4, -0.2) is 21.8 Å². The van der Waals surface area contributed by atoms with E-state index in [2.05, 4.69) is 9.97 Å². The molecule has 0 unspecified atom stereocenters. The van der Waals surface area contributed by atoms with E-state index in [4.69, 9.17) is 5.73 Å². The largest absolute Gasteiger partial charge is 0.364 e. The number of nitrogens with zero attached hydrogens (tertiary/aromatic N) is 1. The molecule has 5 nitrogen and oxygen atoms in total. The van der Waals surface area contributed by atoms with Gasteiger partial charge in [-0.3, -0.25) is 14.6 Å². The molecule has 2 aliphatic rings. The molecule has 4 rings (SSSR count). The number of amides is 1. The van der Waals surface area contributed by atoms with Gasteiger partial charge in [-0.25, -0.2) is 8.78 Å². The maximum atomic E-state index is 14.3. The lowest BCUT2D eigenvalue weighted by Crippen LogP contribution is -2.36. The zero-order chi connectivity index (χ0) is 19.9. The molecule has 150 valence electrons. The highest BCUT2D eigenvalue weighted by Crippen LogP contribution is 2.50. The Balaban J connectivity index is 1.78. The molecular formula is C21H25F2N3O2. The number of rotatable bonds is 3. The van der Waals surface area contributed by atoms with Crippen molar-refractivity contribution >= 4 is 16.8 Å². The van der Waals surface area contributed by atoms with Gasteiger partial charge in [0.05, 0.1) is 10.9 Å². The van der Waals surface area contributed by atoms with Crippen molar-refractivity contribution in [3.8, 4) is 0 Å². The molecule has 0 aliphatic heterocycles. The molecule has 2 aliphatic carbocycles. The predicted molar refractivity (Wildman–Crippen MR) is 102 cm³/mol. The zero-order valence-electron chi connectivity index (χ0n) is 15.7. The predicted octanol–water partition coefficient (Wildman–Crippen LogP) is 4.12. The monoisotopic (exact) mass is 389 g/mol. The first kappa shape index (κ1) is 19.0. The van der Waals surface area contributed by atoms with Crippen LogP contribution in [0.25, 0.3) is 10.9 Å². The Morgan fingerprint density at radius 3 is 2.68 bits per heavy atom. The molecule has 1 amide bonds. The Kier molecular flexibility index (Phi) is 4.93. The van der Waals surface area contributed by atoms with Crippen molar-refractivity contribution in [3.05, 3.63) is 39.9 Å². The maximum Gasteiger partial charge on any atom is 0.268 e. The summed E-state index contributed by atoms with van der Waals surface area (Å²) in [5, 5.41) is 0.121. The number of primary amides is 1. The normalized spacial score (nSPS) is 25.6. The second kappa shape index (κ2) is 7.26. The number of hydrogen-bond donors (Lipinski definition) is 2. The minimum Gasteiger partial charge on any atom is -0.364 e. The second-order valence-electron chi connectivity index (χ2n) is 8.30. The minimum absolute atomic E-state index is 0.0851. The molecule has 7 heteroatoms. The summed E-state index contributed by atoms with van der Waals surface area (Å²) in [5.41, 5.74) is 5.79. The summed E-state index contributed by atoms with van der Waals surface area (Å²) in [7, 11) is 0. The summed E-state index contributed by atoms with van der Waals surface area (Å²) in [4.78, 5) is 31.4. The van der Waals surface area contributed by atoms with E-state index >= 15 is 0 Å². The van der Waals surface area contributed by atoms with Crippen LogP contribution < -0.4 is 11.2 Å². The van der Waals surface area contributed by atoms with Crippen molar-refractivity contribution in [2.45, 2.75) is 63.2 Å². The lowest BCUT2D eigenvalue weighted by atomic mass is 9.66. The molecule has 2 atom stereocenters. The third-order valence-corrected chi connectivity index (χ3v) is 6.53. The number of halogens is 2. The number of fused-ring (bicyclic) bond motifs is 1. The van der Waals surface area contributed by atoms with Gasteiger partial charge in [0.1, 0.15) is 5.69 Å². The van der Waals surface area contributed by atoms with E-state index in [0.29, 0.717) is 23.5 Å². The Hall–Kier alpha value is -2.31. The number of nitrogens with two attached hydrogens (primary N) is 1. The molecule has 2 aromatic heterocycles. The van der Waals surface area contributed by atoms with Gasteiger partial charge in [-0.15, -0.1) is 0 Å². The molecule has 0 aromatic carbocycles. The molecule has 2 fully saturated rings. The summed E-state index contributed by atoms with van der Waals surface area (Å²) in [5.74, 6) is -3.33. The maximum absolute atomic E-state index is 14.3. The van der Waals surface area contributed by atoms with Crippen LogP contribution in [0.3, 0.4) is 0 Å². The van der Waals surface area contributed by atoms with E-state index in [0.717, 1.165) is 25.7 Å². The first-order valence-electron chi connectivity index (χ1n) is 10.1. The average molecular weight is 389 g/mol. The topological polar surface area (TPSA) is 88.8 Å². The van der Waals surface area contributed by atoms with Gasteiger partial charge < -0.3 is 10.7 Å². The smallest absolute Gasteiger partial charge is 0.268 e. The molecule has 3 N–H and O–H groups in total. The summed E-state index contributed by atoms with van der Waals surface area (Å²) < 4.78 is 28.6. The number of H-pyrrole nitrogens is 1. The highest BCUT2D eigenvalue weighted by atomic mass is 19.3. The van der Waals surface area contributed by atoms with Crippen molar-refractivity contribution in [1.82, 2.24) is 9.97 Å². The van der Waals surface area contributed by atoms with E-state index in [1.807, 2.05) is 0 Å². The van der Waals surface area contributed by atoms with Crippen molar-refractivity contribution in [1.29, 1.82) is 0 Å². The van der Waals surface area contributed by atoms with Crippen molar-refractivity contribution in [2.24, 2.45) is 17.6 Å². The van der Waals surface area contributed by atoms with Crippen LogP contribution in [0.2, 0.25) is 0 Å². The molecule has 2 aromatic rings. The van der Waals surface area contributed by atoms with E-state index in [1.165, 1.54) is 18.7 Å². The third kappa shape index (κ3) is 3.54. The molecule has 2 heterocycles. The van der Waals surface area contributed by atoms with Crippen LogP contribution in [0.5, 0.6) is 0 Å². The summed E-state index contributed by atoms with van der Waals surface area (Å²) in [6, 6.07) is 2.96. The number of nitrogens with one attached hydrogen (secondary N) is 1. The van der Waals surface area contributed by atoms with E-state index < -0.39 is 23.2 Å². The molecule has 2 saturated carbocycles. The molecular weight excluding hydrogens is 364 g/mol. The van der Waals surface area contributed by atoms with Crippen LogP contribution in [0.15, 0.2) is 23.1 Å². The van der Waals surface area contributed by atoms with Gasteiger partial charge in [0.25, 0.3) is 5.91 Å². The first-order chi connectivity index (χ1) is 13.4. The SMILES string of the molecule is NC(=O)c1nccc2[nH]c([C@@H]3CC(F)(F)CC[C@H]3C3CCCCC3)cc(=O)c12. The number of carbonyl (C=O) groups excluding carboxylic acids is 1. The Labute approximate surface area is 161 Å². The summed E-state index contributed by atoms with van der Waals surface area (Å²) >= 11 is 0. The van der Waals surface area contributed by atoms with Crippen molar-refractivity contribution in [3.63, 3.8) is 0 Å². The molecule has 0 bridgehead atoms. The number of pyridine rings is 2. The fourth-order valence-electron chi connectivity index (χ4n) is 5.23. The van der Waals surface area contributed by atoms with Gasteiger partial charge >= 0.3 is 0 Å². The van der Waals surface area contributed by atoms with Gasteiger partial charge in [0.15, 0.2) is 5.43 Å². The fourth-order valence-corrected chi connectivity index (χ4v) is 5.23. The van der Waals surface area contributed by atoms with E-state index in [-0.39, 0.29) is 29.8 Å². The van der Waals surface area contributed by atoms with Crippen molar-refractivity contribution in [2.75, 3.05) is 0 Å². The lowest BCUT2D eigenvalue weighted by molar-refractivity contribution is -0.0648. The van der Waals surface area contributed by atoms with Gasteiger partial charge in [0, 0.05) is 36.7 Å². The second-order valence-corrected chi connectivity index (χ2v) is 8.30. The molecule has 0 spiro atoms. The van der Waals surface area contributed by atoms with Gasteiger partial charge in [0.2, 0.25) is 5.92 Å². The molecule has 0 saturated heterocycles. The van der Waals surface area contributed by atoms with Gasteiger partial charge in [-0.1, -0.05) is 32.1 Å². The Bertz CT molecular complexity index is 950. The zero-order valence-corrected chi connectivity index (χ0v) is 15.7. The molecule has 28 heavy (non-hydrogen) atoms. The number of alkyl halides is 2. The van der Waals surface area contributed by atoms with Crippen LogP contribution >= 0.6 is 0 Å². The van der Waals surface area contributed by atoms with Crippen LogP contribution in [0.1, 0.15) is 73.5 Å². The fraction of sp³-hybridized carbons (Fsp3) is 0.571. The van der Waals surface area contributed by atoms with Crippen LogP contribution in [0, 0.1) is 11.8 Å². The van der Waals surface area contributed by atoms with Crippen LogP contribution in [-0.2, 0) is 0 Å².